The first-order valence-corrected chi connectivity index (χ1v) is 6.36. The Bertz CT molecular complexity index is 834. The lowest BCUT2D eigenvalue weighted by atomic mass is 10.1. The van der Waals surface area contributed by atoms with Crippen LogP contribution in [0.3, 0.4) is 0 Å². The Balaban J connectivity index is 2.14. The number of aromatic nitrogens is 3. The van der Waals surface area contributed by atoms with E-state index >= 15 is 0 Å². The van der Waals surface area contributed by atoms with Crippen LogP contribution in [0.25, 0.3) is 11.0 Å². The van der Waals surface area contributed by atoms with E-state index in [4.69, 9.17) is 9.84 Å². The van der Waals surface area contributed by atoms with Crippen LogP contribution in [0.2, 0.25) is 0 Å². The third-order valence-corrected chi connectivity index (χ3v) is 3.50. The second-order valence-electron chi connectivity index (χ2n) is 4.90. The Morgan fingerprint density at radius 3 is 2.73 bits per heavy atom. The molecular weight excluding hydrogens is 301 g/mol. The van der Waals surface area contributed by atoms with Gasteiger partial charge in [0.1, 0.15) is 18.3 Å². The summed E-state index contributed by atoms with van der Waals surface area (Å²) in [7, 11) is 0. The van der Waals surface area contributed by atoms with Crippen molar-refractivity contribution < 1.29 is 24.4 Å². The lowest BCUT2D eigenvalue weighted by Gasteiger charge is -2.17. The lowest BCUT2D eigenvalue weighted by Crippen LogP contribution is -2.36. The van der Waals surface area contributed by atoms with Gasteiger partial charge in [-0.15, -0.1) is 0 Å². The molecule has 0 radical (unpaired) electrons. The fourth-order valence-corrected chi connectivity index (χ4v) is 2.38. The first-order valence-electron chi connectivity index (χ1n) is 6.36. The number of rotatable bonds is 2. The number of aliphatic hydroxyl groups excluding tert-OH is 3. The summed E-state index contributed by atoms with van der Waals surface area (Å²) in [6, 6.07) is 0.691. The normalized spacial score (nSPS) is 28.4. The summed E-state index contributed by atoms with van der Waals surface area (Å²) in [5.74, 6) is -0.935. The summed E-state index contributed by atoms with van der Waals surface area (Å²) in [5.41, 5.74) is -1.86. The molecule has 22 heavy (non-hydrogen) atoms. The highest BCUT2D eigenvalue weighted by Gasteiger charge is 2.43. The molecule has 0 aliphatic carbocycles. The Hall–Kier alpha value is -2.14. The molecule has 3 rings (SSSR count). The van der Waals surface area contributed by atoms with E-state index in [-0.39, 0.29) is 11.0 Å². The van der Waals surface area contributed by atoms with Crippen LogP contribution in [-0.4, -0.2) is 54.8 Å². The van der Waals surface area contributed by atoms with Gasteiger partial charge in [-0.25, -0.2) is 4.79 Å². The predicted molar refractivity (Wildman–Crippen MR) is 69.6 cm³/mol. The molecule has 9 nitrogen and oxygen atoms in total. The fraction of sp³-hybridized carbons (Fsp3) is 0.417. The molecular formula is C12H12FN3O6. The number of nitrogens with one attached hydrogen (secondary N) is 1. The lowest BCUT2D eigenvalue weighted by molar-refractivity contribution is -0.0547. The molecule has 3 heterocycles. The smallest absolute Gasteiger partial charge is 0.351 e. The van der Waals surface area contributed by atoms with Crippen LogP contribution in [0.1, 0.15) is 6.23 Å². The SMILES string of the molecule is O=c1cc(F)[nH]c2nc(=O)n([C@@H]3O[C@H](CO)C(O)[C@@H]3O)cc12. The van der Waals surface area contributed by atoms with Crippen LogP contribution in [-0.2, 0) is 4.74 Å². The van der Waals surface area contributed by atoms with Gasteiger partial charge < -0.3 is 25.0 Å². The standard InChI is InChI=1S/C12H12FN3O6/c13-7-1-5(18)4-2-16(12(21)15-10(4)14-7)11-9(20)8(19)6(3-17)22-11/h1-2,6,8-9,11,17,19-20H,3H2,(H,14,15,21)/t6-,8?,9+,11-/m1/s1. The topological polar surface area (TPSA) is 138 Å². The van der Waals surface area contributed by atoms with E-state index < -0.39 is 48.2 Å². The van der Waals surface area contributed by atoms with Gasteiger partial charge in [-0.05, 0) is 0 Å². The number of pyridine rings is 1. The number of aromatic amines is 1. The Morgan fingerprint density at radius 1 is 1.36 bits per heavy atom. The van der Waals surface area contributed by atoms with Crippen LogP contribution in [0.15, 0.2) is 21.9 Å². The first kappa shape index (κ1) is 14.8. The molecule has 2 aromatic rings. The molecule has 118 valence electrons. The highest BCUT2D eigenvalue weighted by atomic mass is 19.1. The Kier molecular flexibility index (Phi) is 3.53. The van der Waals surface area contributed by atoms with E-state index in [0.29, 0.717) is 6.07 Å². The molecule has 0 amide bonds. The summed E-state index contributed by atoms with van der Waals surface area (Å²) in [5, 5.41) is 28.6. The van der Waals surface area contributed by atoms with Gasteiger partial charge in [0.2, 0.25) is 0 Å². The van der Waals surface area contributed by atoms with Gasteiger partial charge in [0.05, 0.1) is 12.0 Å². The van der Waals surface area contributed by atoms with Crippen molar-refractivity contribution in [1.82, 2.24) is 14.5 Å². The van der Waals surface area contributed by atoms with Crippen molar-refractivity contribution in [2.24, 2.45) is 0 Å². The predicted octanol–water partition coefficient (Wildman–Crippen LogP) is -2.16. The molecule has 1 unspecified atom stereocenters. The summed E-state index contributed by atoms with van der Waals surface area (Å²) in [4.78, 5) is 29.4. The molecule has 0 aromatic carbocycles. The number of H-pyrrole nitrogens is 1. The maximum absolute atomic E-state index is 13.1. The van der Waals surface area contributed by atoms with Crippen LogP contribution in [0.5, 0.6) is 0 Å². The van der Waals surface area contributed by atoms with Crippen LogP contribution < -0.4 is 11.1 Å². The third kappa shape index (κ3) is 2.22. The van der Waals surface area contributed by atoms with E-state index in [1.165, 1.54) is 0 Å². The Labute approximate surface area is 121 Å². The highest BCUT2D eigenvalue weighted by Crippen LogP contribution is 2.28. The second kappa shape index (κ2) is 5.25. The molecule has 0 spiro atoms. The largest absolute Gasteiger partial charge is 0.394 e. The summed E-state index contributed by atoms with van der Waals surface area (Å²) < 4.78 is 19.1. The molecule has 1 aliphatic rings. The first-order chi connectivity index (χ1) is 10.4. The monoisotopic (exact) mass is 313 g/mol. The van der Waals surface area contributed by atoms with Crippen molar-refractivity contribution >= 4 is 11.0 Å². The van der Waals surface area contributed by atoms with Gasteiger partial charge in [0.25, 0.3) is 0 Å². The van der Waals surface area contributed by atoms with E-state index in [1.807, 2.05) is 0 Å². The van der Waals surface area contributed by atoms with Crippen molar-refractivity contribution in [2.75, 3.05) is 6.61 Å². The van der Waals surface area contributed by atoms with Gasteiger partial charge in [0, 0.05) is 12.3 Å². The zero-order valence-corrected chi connectivity index (χ0v) is 11.0. The van der Waals surface area contributed by atoms with Gasteiger partial charge in [0.15, 0.2) is 23.3 Å². The molecule has 1 saturated heterocycles. The zero-order valence-electron chi connectivity index (χ0n) is 11.0. The summed E-state index contributed by atoms with van der Waals surface area (Å²) >= 11 is 0. The summed E-state index contributed by atoms with van der Waals surface area (Å²) in [6.45, 7) is -0.559. The maximum Gasteiger partial charge on any atom is 0.351 e. The van der Waals surface area contributed by atoms with Gasteiger partial charge in [-0.3, -0.25) is 9.36 Å². The van der Waals surface area contributed by atoms with Crippen molar-refractivity contribution in [3.8, 4) is 0 Å². The molecule has 1 fully saturated rings. The molecule has 2 aromatic heterocycles. The number of hydrogen-bond acceptors (Lipinski definition) is 7. The number of halogens is 1. The van der Waals surface area contributed by atoms with E-state index in [1.54, 1.807) is 0 Å². The van der Waals surface area contributed by atoms with E-state index in [0.717, 1.165) is 10.8 Å². The van der Waals surface area contributed by atoms with E-state index in [9.17, 15) is 24.2 Å². The van der Waals surface area contributed by atoms with Crippen molar-refractivity contribution in [2.45, 2.75) is 24.5 Å². The second-order valence-corrected chi connectivity index (χ2v) is 4.90. The Morgan fingerprint density at radius 2 is 2.09 bits per heavy atom. The average Bonchev–Trinajstić information content (AvgIpc) is 2.74. The molecule has 0 saturated carbocycles. The van der Waals surface area contributed by atoms with Crippen LogP contribution in [0.4, 0.5) is 4.39 Å². The molecule has 4 N–H and O–H groups in total. The van der Waals surface area contributed by atoms with Crippen molar-refractivity contribution in [3.05, 3.63) is 38.9 Å². The maximum atomic E-state index is 13.1. The average molecular weight is 313 g/mol. The quantitative estimate of drug-likeness (QED) is 0.463. The molecule has 10 heteroatoms. The minimum atomic E-state index is -1.49. The van der Waals surface area contributed by atoms with E-state index in [2.05, 4.69) is 9.97 Å². The number of hydrogen-bond donors (Lipinski definition) is 4. The highest BCUT2D eigenvalue weighted by molar-refractivity contribution is 5.72. The number of ether oxygens (including phenoxy) is 1. The van der Waals surface area contributed by atoms with Crippen molar-refractivity contribution in [1.29, 1.82) is 0 Å². The molecule has 1 aliphatic heterocycles. The minimum Gasteiger partial charge on any atom is -0.394 e. The number of fused-ring (bicyclic) bond motifs is 1. The fourth-order valence-electron chi connectivity index (χ4n) is 2.38. The van der Waals surface area contributed by atoms with Crippen LogP contribution >= 0.6 is 0 Å². The molecule has 0 bridgehead atoms. The number of aliphatic hydroxyl groups is 3. The van der Waals surface area contributed by atoms with Crippen LogP contribution in [0, 0.1) is 5.95 Å². The zero-order chi connectivity index (χ0) is 16.0. The summed E-state index contributed by atoms with van der Waals surface area (Å²) in [6.07, 6.45) is -4.23. The van der Waals surface area contributed by atoms with Gasteiger partial charge in [-0.2, -0.15) is 9.37 Å². The van der Waals surface area contributed by atoms with Gasteiger partial charge in [-0.1, -0.05) is 0 Å². The number of nitrogens with zero attached hydrogens (tertiary/aromatic N) is 2. The third-order valence-electron chi connectivity index (χ3n) is 3.50. The van der Waals surface area contributed by atoms with Crippen molar-refractivity contribution in [3.63, 3.8) is 0 Å². The molecule has 4 atom stereocenters. The minimum absolute atomic E-state index is 0.0845. The van der Waals surface area contributed by atoms with Gasteiger partial charge >= 0.3 is 5.69 Å².